The highest BCUT2D eigenvalue weighted by Crippen LogP contribution is 2.36. The standard InChI is InChI=1S/C20H18O5/c1-11(2)3-8-14-15(22)9-16(23)19-17(24)10-18(25-20(14)19)12-4-6-13(21)7-5-12/h4-7,9-10,21-23H,1,3,8H2,2H3. The molecular weight excluding hydrogens is 320 g/mol. The van der Waals surface area contributed by atoms with E-state index in [2.05, 4.69) is 6.58 Å². The van der Waals surface area contributed by atoms with Crippen molar-refractivity contribution < 1.29 is 19.7 Å². The Balaban J connectivity index is 2.26. The Hall–Kier alpha value is -3.21. The van der Waals surface area contributed by atoms with Gasteiger partial charge in [-0.3, -0.25) is 4.79 Å². The molecule has 0 saturated carbocycles. The van der Waals surface area contributed by atoms with Crippen molar-refractivity contribution in [2.45, 2.75) is 19.8 Å². The van der Waals surface area contributed by atoms with Crippen LogP contribution in [-0.4, -0.2) is 15.3 Å². The molecule has 128 valence electrons. The first-order valence-electron chi connectivity index (χ1n) is 7.82. The summed E-state index contributed by atoms with van der Waals surface area (Å²) in [6.07, 6.45) is 1.04. The van der Waals surface area contributed by atoms with E-state index in [1.165, 1.54) is 18.2 Å². The van der Waals surface area contributed by atoms with Gasteiger partial charge in [0.25, 0.3) is 0 Å². The maximum atomic E-state index is 12.5. The predicted molar refractivity (Wildman–Crippen MR) is 96.0 cm³/mol. The molecule has 0 radical (unpaired) electrons. The van der Waals surface area contributed by atoms with Crippen molar-refractivity contribution >= 4 is 11.0 Å². The highest BCUT2D eigenvalue weighted by Gasteiger charge is 2.18. The minimum absolute atomic E-state index is 0.0389. The van der Waals surface area contributed by atoms with Crippen molar-refractivity contribution in [3.63, 3.8) is 0 Å². The lowest BCUT2D eigenvalue weighted by Gasteiger charge is -2.11. The van der Waals surface area contributed by atoms with Gasteiger partial charge in [-0.25, -0.2) is 0 Å². The van der Waals surface area contributed by atoms with Crippen LogP contribution in [0, 0.1) is 0 Å². The number of fused-ring (bicyclic) bond motifs is 1. The van der Waals surface area contributed by atoms with Crippen molar-refractivity contribution in [1.82, 2.24) is 0 Å². The molecule has 0 atom stereocenters. The molecule has 0 aliphatic heterocycles. The van der Waals surface area contributed by atoms with Crippen molar-refractivity contribution in [2.24, 2.45) is 0 Å². The molecule has 0 aliphatic carbocycles. The van der Waals surface area contributed by atoms with Gasteiger partial charge in [0.2, 0.25) is 0 Å². The number of rotatable bonds is 4. The predicted octanol–water partition coefficient (Wildman–Crippen LogP) is 4.09. The summed E-state index contributed by atoms with van der Waals surface area (Å²) < 4.78 is 5.86. The average molecular weight is 338 g/mol. The van der Waals surface area contributed by atoms with E-state index in [9.17, 15) is 20.1 Å². The van der Waals surface area contributed by atoms with Crippen LogP contribution in [0.15, 0.2) is 57.8 Å². The number of hydrogen-bond donors (Lipinski definition) is 3. The van der Waals surface area contributed by atoms with Crippen LogP contribution in [0.25, 0.3) is 22.3 Å². The number of phenolic OH excluding ortho intramolecular Hbond substituents is 3. The van der Waals surface area contributed by atoms with E-state index in [-0.39, 0.29) is 28.2 Å². The van der Waals surface area contributed by atoms with Crippen molar-refractivity contribution in [3.05, 3.63) is 64.3 Å². The molecule has 0 bridgehead atoms. The Morgan fingerprint density at radius 3 is 2.40 bits per heavy atom. The van der Waals surface area contributed by atoms with Crippen molar-refractivity contribution in [2.75, 3.05) is 0 Å². The zero-order valence-electron chi connectivity index (χ0n) is 13.7. The molecule has 0 unspecified atom stereocenters. The summed E-state index contributed by atoms with van der Waals surface area (Å²) in [6, 6.07) is 8.66. The normalized spacial score (nSPS) is 10.9. The fourth-order valence-electron chi connectivity index (χ4n) is 2.70. The molecule has 0 amide bonds. The van der Waals surface area contributed by atoms with E-state index < -0.39 is 5.43 Å². The molecule has 0 fully saturated rings. The quantitative estimate of drug-likeness (QED) is 0.623. The van der Waals surface area contributed by atoms with Gasteiger partial charge in [-0.15, -0.1) is 6.58 Å². The average Bonchev–Trinajstić information content (AvgIpc) is 2.54. The molecule has 3 N–H and O–H groups in total. The minimum Gasteiger partial charge on any atom is -0.508 e. The maximum absolute atomic E-state index is 12.5. The van der Waals surface area contributed by atoms with Gasteiger partial charge >= 0.3 is 0 Å². The van der Waals surface area contributed by atoms with Gasteiger partial charge in [-0.1, -0.05) is 5.57 Å². The Kier molecular flexibility index (Phi) is 4.23. The Bertz CT molecular complexity index is 1010. The van der Waals surface area contributed by atoms with E-state index in [4.69, 9.17) is 4.42 Å². The summed E-state index contributed by atoms with van der Waals surface area (Å²) in [7, 11) is 0. The zero-order valence-corrected chi connectivity index (χ0v) is 13.7. The Morgan fingerprint density at radius 1 is 1.08 bits per heavy atom. The summed E-state index contributed by atoms with van der Waals surface area (Å²) in [4.78, 5) is 12.5. The van der Waals surface area contributed by atoms with Crippen LogP contribution in [0.3, 0.4) is 0 Å². The van der Waals surface area contributed by atoms with Crippen LogP contribution < -0.4 is 5.43 Å². The second-order valence-electron chi connectivity index (χ2n) is 6.08. The topological polar surface area (TPSA) is 90.9 Å². The summed E-state index contributed by atoms with van der Waals surface area (Å²) in [5, 5.41) is 29.7. The first-order chi connectivity index (χ1) is 11.9. The molecule has 2 aromatic carbocycles. The van der Waals surface area contributed by atoms with Crippen LogP contribution in [0.1, 0.15) is 18.9 Å². The van der Waals surface area contributed by atoms with Gasteiger partial charge < -0.3 is 19.7 Å². The van der Waals surface area contributed by atoms with Gasteiger partial charge in [-0.2, -0.15) is 0 Å². The van der Waals surface area contributed by atoms with Crippen LogP contribution in [0.2, 0.25) is 0 Å². The van der Waals surface area contributed by atoms with Crippen LogP contribution in [0.5, 0.6) is 17.2 Å². The smallest absolute Gasteiger partial charge is 0.197 e. The molecule has 0 aliphatic rings. The molecular formula is C20H18O5. The van der Waals surface area contributed by atoms with E-state index in [1.54, 1.807) is 12.1 Å². The lowest BCUT2D eigenvalue weighted by molar-refractivity contribution is 0.447. The molecule has 5 heteroatoms. The SMILES string of the molecule is C=C(C)CCc1c(O)cc(O)c2c(=O)cc(-c3ccc(O)cc3)oc12. The van der Waals surface area contributed by atoms with Crippen LogP contribution >= 0.6 is 0 Å². The number of aromatic hydroxyl groups is 3. The van der Waals surface area contributed by atoms with E-state index in [0.717, 1.165) is 11.6 Å². The molecule has 1 aromatic heterocycles. The second-order valence-corrected chi connectivity index (χ2v) is 6.08. The lowest BCUT2D eigenvalue weighted by atomic mass is 10.0. The number of benzene rings is 2. The highest BCUT2D eigenvalue weighted by atomic mass is 16.3. The van der Waals surface area contributed by atoms with E-state index in [1.807, 2.05) is 6.92 Å². The number of hydrogen-bond acceptors (Lipinski definition) is 5. The fraction of sp³-hybridized carbons (Fsp3) is 0.150. The lowest BCUT2D eigenvalue weighted by Crippen LogP contribution is -2.03. The van der Waals surface area contributed by atoms with Gasteiger partial charge in [0.15, 0.2) is 5.43 Å². The summed E-state index contributed by atoms with van der Waals surface area (Å²) >= 11 is 0. The third-order valence-corrected chi connectivity index (χ3v) is 4.01. The maximum Gasteiger partial charge on any atom is 0.197 e. The van der Waals surface area contributed by atoms with Crippen molar-refractivity contribution in [1.29, 1.82) is 0 Å². The summed E-state index contributed by atoms with van der Waals surface area (Å²) in [6.45, 7) is 5.71. The molecule has 5 nitrogen and oxygen atoms in total. The zero-order chi connectivity index (χ0) is 18.1. The van der Waals surface area contributed by atoms with Crippen molar-refractivity contribution in [3.8, 4) is 28.6 Å². The van der Waals surface area contributed by atoms with Gasteiger partial charge in [-0.05, 0) is 44.0 Å². The molecule has 0 saturated heterocycles. The second kappa shape index (κ2) is 6.36. The monoisotopic (exact) mass is 338 g/mol. The van der Waals surface area contributed by atoms with Gasteiger partial charge in [0.05, 0.1) is 0 Å². The molecule has 3 aromatic rings. The molecule has 1 heterocycles. The first kappa shape index (κ1) is 16.6. The third-order valence-electron chi connectivity index (χ3n) is 4.01. The van der Waals surface area contributed by atoms with E-state index in [0.29, 0.717) is 29.7 Å². The molecule has 3 rings (SSSR count). The number of allylic oxidation sites excluding steroid dienone is 1. The molecule has 0 spiro atoms. The fourth-order valence-corrected chi connectivity index (χ4v) is 2.70. The third kappa shape index (κ3) is 3.21. The van der Waals surface area contributed by atoms with Crippen LogP contribution in [0.4, 0.5) is 0 Å². The first-order valence-corrected chi connectivity index (χ1v) is 7.82. The highest BCUT2D eigenvalue weighted by molar-refractivity contribution is 5.89. The minimum atomic E-state index is -0.404. The van der Waals surface area contributed by atoms with Crippen LogP contribution in [-0.2, 0) is 6.42 Å². The number of phenols is 3. The Labute approximate surface area is 144 Å². The van der Waals surface area contributed by atoms with Gasteiger partial charge in [0.1, 0.15) is 34.0 Å². The van der Waals surface area contributed by atoms with Gasteiger partial charge in [0, 0.05) is 23.3 Å². The Morgan fingerprint density at radius 2 is 1.76 bits per heavy atom. The van der Waals surface area contributed by atoms with E-state index >= 15 is 0 Å². The number of aryl methyl sites for hydroxylation is 1. The summed E-state index contributed by atoms with van der Waals surface area (Å²) in [5.41, 5.74) is 1.74. The largest absolute Gasteiger partial charge is 0.508 e. The summed E-state index contributed by atoms with van der Waals surface area (Å²) in [5.74, 6) is -0.0572. The molecule has 25 heavy (non-hydrogen) atoms.